The largest absolute Gasteiger partial charge is 0.365 e. The topological polar surface area (TPSA) is 80.9 Å². The highest BCUT2D eigenvalue weighted by molar-refractivity contribution is 8.04. The molecule has 2 aromatic rings. The number of amides is 1. The molecule has 0 radical (unpaired) electrons. The first-order valence-electron chi connectivity index (χ1n) is 9.28. The van der Waals surface area contributed by atoms with Crippen molar-refractivity contribution in [3.8, 4) is 12.3 Å². The van der Waals surface area contributed by atoms with Gasteiger partial charge < -0.3 is 11.1 Å². The van der Waals surface area contributed by atoms with Crippen molar-refractivity contribution in [2.45, 2.75) is 27.7 Å². The molecule has 0 aliphatic rings. The molecule has 5 nitrogen and oxygen atoms in total. The lowest BCUT2D eigenvalue weighted by Crippen LogP contribution is -2.17. The second kappa shape index (κ2) is 20.8. The Morgan fingerprint density at radius 1 is 1.43 bits per heavy atom. The number of thioether (sulfide) groups is 1. The zero-order valence-corrected chi connectivity index (χ0v) is 18.9. The van der Waals surface area contributed by atoms with Crippen LogP contribution in [-0.4, -0.2) is 28.3 Å². The van der Waals surface area contributed by atoms with Gasteiger partial charge in [0.25, 0.3) is 5.91 Å². The van der Waals surface area contributed by atoms with E-state index in [0.717, 1.165) is 16.5 Å². The average Bonchev–Trinajstić information content (AvgIpc) is 2.75. The highest BCUT2D eigenvalue weighted by Gasteiger charge is 2.06. The number of nitrogens with two attached hydrogens (primary N) is 1. The minimum atomic E-state index is -0.503. The van der Waals surface area contributed by atoms with Crippen molar-refractivity contribution in [2.24, 2.45) is 5.73 Å². The third kappa shape index (κ3) is 14.1. The first kappa shape index (κ1) is 29.3. The molecule has 2 rings (SSSR count). The Bertz CT molecular complexity index is 844. The zero-order chi connectivity index (χ0) is 23.2. The first-order valence-corrected chi connectivity index (χ1v) is 10.3. The Hall–Kier alpha value is -2.95. The van der Waals surface area contributed by atoms with Crippen LogP contribution in [0, 0.1) is 12.3 Å². The van der Waals surface area contributed by atoms with Crippen LogP contribution in [0.2, 0.25) is 0 Å². The van der Waals surface area contributed by atoms with Crippen LogP contribution in [-0.2, 0) is 4.79 Å². The summed E-state index contributed by atoms with van der Waals surface area (Å²) in [5.74, 6) is 2.20. The van der Waals surface area contributed by atoms with Crippen molar-refractivity contribution in [1.29, 1.82) is 0 Å². The lowest BCUT2D eigenvalue weighted by atomic mass is 10.1. The minimum Gasteiger partial charge on any atom is -0.365 e. The number of rotatable bonds is 7. The van der Waals surface area contributed by atoms with Gasteiger partial charge in [0.15, 0.2) is 0 Å². The van der Waals surface area contributed by atoms with Crippen LogP contribution in [0.3, 0.4) is 0 Å². The fourth-order valence-corrected chi connectivity index (χ4v) is 2.48. The maximum absolute atomic E-state index is 11.8. The molecule has 0 atom stereocenters. The normalized spacial score (nSPS) is 9.80. The van der Waals surface area contributed by atoms with E-state index in [0.29, 0.717) is 23.7 Å². The summed E-state index contributed by atoms with van der Waals surface area (Å²) in [6.45, 7) is 11.3. The standard InChI is InChI=1S/C15H15FN4OS.C3H6.C3H4.C2H6/c16-4-1-5-18-10-22-14(15(17)21)7-11-2-3-13-12(6-11)8-19-9-20-13;2*1-3-2;1-2/h1-4,6-9,18H,5,10H2,(H2,17,21);3H,1H2,2H3;1H,2H3;1-2H3/b4-1+,14-7-;;;. The molecule has 1 aromatic carbocycles. The summed E-state index contributed by atoms with van der Waals surface area (Å²) in [4.78, 5) is 20.0. The number of aromatic nitrogens is 2. The van der Waals surface area contributed by atoms with Crippen molar-refractivity contribution in [3.05, 3.63) is 66.3 Å². The molecule has 0 fully saturated rings. The van der Waals surface area contributed by atoms with Gasteiger partial charge in [-0.3, -0.25) is 4.79 Å². The Morgan fingerprint density at radius 3 is 2.63 bits per heavy atom. The molecule has 0 aliphatic carbocycles. The smallest absolute Gasteiger partial charge is 0.255 e. The van der Waals surface area contributed by atoms with E-state index < -0.39 is 5.91 Å². The number of carbonyl (C=O) groups is 1. The third-order valence-electron chi connectivity index (χ3n) is 2.75. The molecule has 1 amide bonds. The average molecular weight is 431 g/mol. The van der Waals surface area contributed by atoms with Gasteiger partial charge in [-0.25, -0.2) is 14.4 Å². The van der Waals surface area contributed by atoms with E-state index in [1.54, 1.807) is 25.3 Å². The summed E-state index contributed by atoms with van der Waals surface area (Å²) in [5.41, 5.74) is 7.06. The molecule has 1 heterocycles. The number of hydrogen-bond donors (Lipinski definition) is 2. The van der Waals surface area contributed by atoms with Gasteiger partial charge in [-0.1, -0.05) is 26.0 Å². The minimum absolute atomic E-state index is 0.392. The molecule has 0 saturated carbocycles. The number of halogens is 1. The molecule has 0 aliphatic heterocycles. The van der Waals surface area contributed by atoms with Crippen molar-refractivity contribution in [2.75, 3.05) is 12.4 Å². The molecule has 0 spiro atoms. The van der Waals surface area contributed by atoms with Crippen LogP contribution in [0.15, 0.2) is 60.7 Å². The van der Waals surface area contributed by atoms with Crippen LogP contribution >= 0.6 is 11.8 Å². The molecule has 0 bridgehead atoms. The van der Waals surface area contributed by atoms with E-state index in [9.17, 15) is 9.18 Å². The van der Waals surface area contributed by atoms with Crippen molar-refractivity contribution < 1.29 is 9.18 Å². The first-order chi connectivity index (χ1) is 14.5. The molecule has 7 heteroatoms. The SMILES string of the molecule is C#CC.C=CC.CC.NC(=O)/C(=C/c1ccc2ncncc2c1)SCNC/C=C/F. The van der Waals surface area contributed by atoms with Crippen LogP contribution in [0.5, 0.6) is 0 Å². The van der Waals surface area contributed by atoms with Crippen molar-refractivity contribution >= 4 is 34.6 Å². The van der Waals surface area contributed by atoms with Gasteiger partial charge in [-0.2, -0.15) is 0 Å². The number of hydrogen-bond acceptors (Lipinski definition) is 5. The van der Waals surface area contributed by atoms with Gasteiger partial charge in [0.2, 0.25) is 0 Å². The summed E-state index contributed by atoms with van der Waals surface area (Å²) in [6.07, 6.45) is 13.1. The molecule has 1 aromatic heterocycles. The van der Waals surface area contributed by atoms with E-state index in [-0.39, 0.29) is 0 Å². The lowest BCUT2D eigenvalue weighted by Gasteiger charge is -2.05. The monoisotopic (exact) mass is 430 g/mol. The highest BCUT2D eigenvalue weighted by atomic mass is 32.2. The van der Waals surface area contributed by atoms with Crippen molar-refractivity contribution in [3.63, 3.8) is 0 Å². The fraction of sp³-hybridized carbons (Fsp3) is 0.261. The zero-order valence-electron chi connectivity index (χ0n) is 18.1. The van der Waals surface area contributed by atoms with Gasteiger partial charge in [0.05, 0.1) is 16.8 Å². The van der Waals surface area contributed by atoms with Crippen LogP contribution < -0.4 is 11.1 Å². The Balaban J connectivity index is 0. The lowest BCUT2D eigenvalue weighted by molar-refractivity contribution is -0.113. The summed E-state index contributed by atoms with van der Waals surface area (Å²) in [7, 11) is 0. The van der Waals surface area contributed by atoms with E-state index in [1.165, 1.54) is 24.2 Å². The van der Waals surface area contributed by atoms with Gasteiger partial charge in [0.1, 0.15) is 6.33 Å². The highest BCUT2D eigenvalue weighted by Crippen LogP contribution is 2.20. The molecule has 30 heavy (non-hydrogen) atoms. The molecular weight excluding hydrogens is 399 g/mol. The number of primary amides is 1. The summed E-state index contributed by atoms with van der Waals surface area (Å²) in [5, 5.41) is 3.84. The predicted octanol–water partition coefficient (Wildman–Crippen LogP) is 5.08. The Morgan fingerprint density at radius 2 is 2.07 bits per heavy atom. The Labute approximate surface area is 183 Å². The maximum atomic E-state index is 11.8. The number of allylic oxidation sites excluding steroid dienone is 1. The van der Waals surface area contributed by atoms with E-state index >= 15 is 0 Å². The van der Waals surface area contributed by atoms with Crippen LogP contribution in [0.1, 0.15) is 33.3 Å². The number of nitrogens with zero attached hydrogens (tertiary/aromatic N) is 2. The molecule has 3 N–H and O–H groups in total. The van der Waals surface area contributed by atoms with Crippen LogP contribution in [0.25, 0.3) is 17.0 Å². The van der Waals surface area contributed by atoms with Gasteiger partial charge in [-0.15, -0.1) is 30.7 Å². The summed E-state index contributed by atoms with van der Waals surface area (Å²) in [6, 6.07) is 5.60. The van der Waals surface area contributed by atoms with E-state index in [2.05, 4.69) is 34.2 Å². The molecule has 0 saturated heterocycles. The molecule has 162 valence electrons. The van der Waals surface area contributed by atoms with Gasteiger partial charge >= 0.3 is 0 Å². The molecular formula is C23H31FN4OS. The van der Waals surface area contributed by atoms with Crippen molar-refractivity contribution in [1.82, 2.24) is 15.3 Å². The van der Waals surface area contributed by atoms with Gasteiger partial charge in [-0.05, 0) is 43.7 Å². The second-order valence-electron chi connectivity index (χ2n) is 5.02. The second-order valence-corrected chi connectivity index (χ2v) is 6.03. The predicted molar refractivity (Wildman–Crippen MR) is 129 cm³/mol. The van der Waals surface area contributed by atoms with E-state index in [1.807, 2.05) is 39.0 Å². The molecule has 0 unspecified atom stereocenters. The number of carbonyl (C=O) groups excluding carboxylic acids is 1. The fourth-order valence-electron chi connectivity index (χ4n) is 1.74. The van der Waals surface area contributed by atoms with Gasteiger partial charge in [0, 0.05) is 24.0 Å². The summed E-state index contributed by atoms with van der Waals surface area (Å²) >= 11 is 1.27. The third-order valence-corrected chi connectivity index (χ3v) is 3.73. The van der Waals surface area contributed by atoms with Crippen LogP contribution in [0.4, 0.5) is 4.39 Å². The number of terminal acetylenes is 1. The number of benzene rings is 1. The number of fused-ring (bicyclic) bond motifs is 1. The Kier molecular flexibility index (Phi) is 20.3. The number of nitrogens with one attached hydrogen (secondary N) is 1. The van der Waals surface area contributed by atoms with E-state index in [4.69, 9.17) is 5.73 Å². The summed E-state index contributed by atoms with van der Waals surface area (Å²) < 4.78 is 11.8. The maximum Gasteiger partial charge on any atom is 0.255 e. The quantitative estimate of drug-likeness (QED) is 0.211.